The van der Waals surface area contributed by atoms with Crippen molar-refractivity contribution in [2.45, 2.75) is 38.8 Å². The van der Waals surface area contributed by atoms with Gasteiger partial charge in [0.1, 0.15) is 6.04 Å². The van der Waals surface area contributed by atoms with Crippen molar-refractivity contribution >= 4 is 11.9 Å². The lowest BCUT2D eigenvalue weighted by Crippen LogP contribution is -2.42. The number of carboxylic acids is 1. The third-order valence-corrected chi connectivity index (χ3v) is 3.69. The van der Waals surface area contributed by atoms with E-state index in [0.29, 0.717) is 19.5 Å². The number of nitrogens with zero attached hydrogens (tertiary/aromatic N) is 1. The van der Waals surface area contributed by atoms with Crippen LogP contribution in [0.2, 0.25) is 0 Å². The van der Waals surface area contributed by atoms with Gasteiger partial charge in [-0.2, -0.15) is 0 Å². The van der Waals surface area contributed by atoms with E-state index in [-0.39, 0.29) is 11.9 Å². The van der Waals surface area contributed by atoms with Gasteiger partial charge in [-0.25, -0.2) is 0 Å². The number of benzene rings is 1. The van der Waals surface area contributed by atoms with Crippen molar-refractivity contribution in [2.24, 2.45) is 0 Å². The van der Waals surface area contributed by atoms with Gasteiger partial charge in [0.2, 0.25) is 5.91 Å². The van der Waals surface area contributed by atoms with Gasteiger partial charge < -0.3 is 10.4 Å². The monoisotopic (exact) mass is 290 g/mol. The zero-order valence-electron chi connectivity index (χ0n) is 12.5. The fourth-order valence-electron chi connectivity index (χ4n) is 2.79. The van der Waals surface area contributed by atoms with Gasteiger partial charge in [0.15, 0.2) is 0 Å². The fourth-order valence-corrected chi connectivity index (χ4v) is 2.79. The van der Waals surface area contributed by atoms with Crippen LogP contribution in [-0.4, -0.2) is 41.0 Å². The molecule has 0 aromatic heterocycles. The van der Waals surface area contributed by atoms with E-state index in [1.807, 2.05) is 43.0 Å². The predicted octanol–water partition coefficient (Wildman–Crippen LogP) is 1.59. The van der Waals surface area contributed by atoms with Gasteiger partial charge in [0.05, 0.1) is 0 Å². The summed E-state index contributed by atoms with van der Waals surface area (Å²) in [6.45, 7) is 4.96. The summed E-state index contributed by atoms with van der Waals surface area (Å²) < 4.78 is 0. The molecule has 114 valence electrons. The van der Waals surface area contributed by atoms with Gasteiger partial charge in [-0.15, -0.1) is 0 Å². The van der Waals surface area contributed by atoms with Crippen molar-refractivity contribution in [3.8, 4) is 0 Å². The normalized spacial score (nSPS) is 18.3. The number of carboxylic acid groups (broad SMARTS) is 1. The van der Waals surface area contributed by atoms with Crippen LogP contribution in [0.3, 0.4) is 0 Å². The molecule has 1 aliphatic rings. The van der Waals surface area contributed by atoms with Gasteiger partial charge in [0.25, 0.3) is 0 Å². The maximum Gasteiger partial charge on any atom is 0.325 e. The maximum absolute atomic E-state index is 11.7. The van der Waals surface area contributed by atoms with Crippen LogP contribution in [0.5, 0.6) is 0 Å². The van der Waals surface area contributed by atoms with E-state index in [2.05, 4.69) is 5.32 Å². The number of hydrogen-bond acceptors (Lipinski definition) is 3. The van der Waals surface area contributed by atoms with Crippen molar-refractivity contribution < 1.29 is 14.7 Å². The molecule has 0 bridgehead atoms. The first kappa shape index (κ1) is 15.5. The molecule has 0 radical (unpaired) electrons. The summed E-state index contributed by atoms with van der Waals surface area (Å²) in [7, 11) is 0. The molecule has 1 aromatic carbocycles. The average molecular weight is 290 g/mol. The molecule has 21 heavy (non-hydrogen) atoms. The molecule has 0 aliphatic carbocycles. The third-order valence-electron chi connectivity index (χ3n) is 3.69. The number of amides is 1. The Balaban J connectivity index is 2.07. The molecule has 2 N–H and O–H groups in total. The molecule has 1 aliphatic heterocycles. The second-order valence-corrected chi connectivity index (χ2v) is 5.70. The molecule has 0 spiro atoms. The molecule has 1 atom stereocenters. The van der Waals surface area contributed by atoms with Crippen LogP contribution in [-0.2, 0) is 16.0 Å². The average Bonchev–Trinajstić information content (AvgIpc) is 2.43. The number of fused-ring (bicyclic) bond motifs is 1. The highest BCUT2D eigenvalue weighted by atomic mass is 16.4. The van der Waals surface area contributed by atoms with Gasteiger partial charge in [-0.3, -0.25) is 14.5 Å². The minimum atomic E-state index is -0.855. The summed E-state index contributed by atoms with van der Waals surface area (Å²) in [5, 5.41) is 12.4. The fraction of sp³-hybridized carbons (Fsp3) is 0.500. The van der Waals surface area contributed by atoms with Crippen molar-refractivity contribution in [1.29, 1.82) is 0 Å². The van der Waals surface area contributed by atoms with Crippen LogP contribution >= 0.6 is 0 Å². The minimum absolute atomic E-state index is 0.0343. The molecule has 0 saturated carbocycles. The Morgan fingerprint density at radius 1 is 1.38 bits per heavy atom. The zero-order valence-corrected chi connectivity index (χ0v) is 12.5. The van der Waals surface area contributed by atoms with E-state index < -0.39 is 12.0 Å². The van der Waals surface area contributed by atoms with Crippen molar-refractivity contribution in [1.82, 2.24) is 10.2 Å². The van der Waals surface area contributed by atoms with Gasteiger partial charge in [0, 0.05) is 25.6 Å². The first-order chi connectivity index (χ1) is 9.99. The number of hydrogen-bond donors (Lipinski definition) is 2. The third kappa shape index (κ3) is 3.82. The molecule has 5 heteroatoms. The predicted molar refractivity (Wildman–Crippen MR) is 80.0 cm³/mol. The Morgan fingerprint density at radius 3 is 2.76 bits per heavy atom. The number of carbonyl (C=O) groups excluding carboxylic acids is 1. The van der Waals surface area contributed by atoms with Gasteiger partial charge >= 0.3 is 5.97 Å². The van der Waals surface area contributed by atoms with Gasteiger partial charge in [-0.1, -0.05) is 24.3 Å². The van der Waals surface area contributed by atoms with Crippen LogP contribution in [0.15, 0.2) is 24.3 Å². The summed E-state index contributed by atoms with van der Waals surface area (Å²) in [5.74, 6) is -0.889. The minimum Gasteiger partial charge on any atom is -0.480 e. The molecule has 1 heterocycles. The first-order valence-electron chi connectivity index (χ1n) is 7.33. The van der Waals surface area contributed by atoms with Crippen LogP contribution in [0, 0.1) is 0 Å². The smallest absolute Gasteiger partial charge is 0.325 e. The number of rotatable bonds is 5. The molecule has 5 nitrogen and oxygen atoms in total. The Kier molecular flexibility index (Phi) is 4.96. The molecule has 0 saturated heterocycles. The van der Waals surface area contributed by atoms with Crippen molar-refractivity contribution in [3.63, 3.8) is 0 Å². The summed E-state index contributed by atoms with van der Waals surface area (Å²) in [6.07, 6.45) is 1.15. The standard InChI is InChI=1S/C16H22N2O3/c1-11(2)17-14(19)8-10-18-9-7-12-5-3-4-6-13(12)15(18)16(20)21/h3-6,11,15H,7-10H2,1-2H3,(H,17,19)(H,20,21). The van der Waals surface area contributed by atoms with Crippen LogP contribution in [0.25, 0.3) is 0 Å². The maximum atomic E-state index is 11.7. The zero-order chi connectivity index (χ0) is 15.4. The number of nitrogens with one attached hydrogen (secondary N) is 1. The van der Waals surface area contributed by atoms with E-state index in [4.69, 9.17) is 0 Å². The summed E-state index contributed by atoms with van der Waals surface area (Å²) >= 11 is 0. The van der Waals surface area contributed by atoms with E-state index in [9.17, 15) is 14.7 Å². The molecule has 2 rings (SSSR count). The molecule has 1 amide bonds. The lowest BCUT2D eigenvalue weighted by molar-refractivity contribution is -0.144. The second kappa shape index (κ2) is 6.72. The Labute approximate surface area is 125 Å². The van der Waals surface area contributed by atoms with E-state index >= 15 is 0 Å². The van der Waals surface area contributed by atoms with E-state index in [1.165, 1.54) is 0 Å². The molecule has 1 aromatic rings. The molecule has 0 fully saturated rings. The lowest BCUT2D eigenvalue weighted by Gasteiger charge is -2.34. The Bertz CT molecular complexity index is 528. The Morgan fingerprint density at radius 2 is 2.10 bits per heavy atom. The van der Waals surface area contributed by atoms with Crippen LogP contribution < -0.4 is 5.32 Å². The Hall–Kier alpha value is -1.88. The number of carbonyl (C=O) groups is 2. The first-order valence-corrected chi connectivity index (χ1v) is 7.33. The van der Waals surface area contributed by atoms with Crippen LogP contribution in [0.1, 0.15) is 37.4 Å². The molecular formula is C16H22N2O3. The van der Waals surface area contributed by atoms with Crippen molar-refractivity contribution in [2.75, 3.05) is 13.1 Å². The highest BCUT2D eigenvalue weighted by molar-refractivity contribution is 5.78. The highest BCUT2D eigenvalue weighted by Gasteiger charge is 2.32. The molecular weight excluding hydrogens is 268 g/mol. The topological polar surface area (TPSA) is 69.6 Å². The van der Waals surface area contributed by atoms with Crippen molar-refractivity contribution in [3.05, 3.63) is 35.4 Å². The SMILES string of the molecule is CC(C)NC(=O)CCN1CCc2ccccc2C1C(=O)O. The quantitative estimate of drug-likeness (QED) is 0.864. The van der Waals surface area contributed by atoms with Crippen LogP contribution in [0.4, 0.5) is 0 Å². The molecule has 1 unspecified atom stereocenters. The second-order valence-electron chi connectivity index (χ2n) is 5.70. The van der Waals surface area contributed by atoms with E-state index in [0.717, 1.165) is 17.5 Å². The summed E-state index contributed by atoms with van der Waals surface area (Å²) in [5.41, 5.74) is 1.94. The largest absolute Gasteiger partial charge is 0.480 e. The lowest BCUT2D eigenvalue weighted by atomic mass is 9.92. The summed E-state index contributed by atoms with van der Waals surface area (Å²) in [6, 6.07) is 7.10. The van der Waals surface area contributed by atoms with E-state index in [1.54, 1.807) is 0 Å². The van der Waals surface area contributed by atoms with Gasteiger partial charge in [-0.05, 0) is 31.4 Å². The highest BCUT2D eigenvalue weighted by Crippen LogP contribution is 2.29. The summed E-state index contributed by atoms with van der Waals surface area (Å²) in [4.78, 5) is 25.2. The number of aliphatic carboxylic acids is 1.